The molecule has 0 aromatic carbocycles. The summed E-state index contributed by atoms with van der Waals surface area (Å²) in [4.78, 5) is 0. The van der Waals surface area contributed by atoms with Crippen molar-refractivity contribution >= 4 is 0 Å². The molecule has 0 bridgehead atoms. The Kier molecular flexibility index (Phi) is 23.0. The summed E-state index contributed by atoms with van der Waals surface area (Å²) in [5.74, 6) is 0. The van der Waals surface area contributed by atoms with E-state index in [1.54, 1.807) is 0 Å². The van der Waals surface area contributed by atoms with Crippen LogP contribution in [0.3, 0.4) is 0 Å². The lowest BCUT2D eigenvalue weighted by Crippen LogP contribution is -2.68. The Bertz CT molecular complexity index is 1610. The molecule has 6 aliphatic rings. The van der Waals surface area contributed by atoms with Gasteiger partial charge in [-0.05, 0) is 0 Å². The van der Waals surface area contributed by atoms with Crippen LogP contribution in [0.15, 0.2) is 0 Å². The molecule has 31 heteroatoms. The number of aliphatic hydroxyl groups excluding tert-OH is 14. The van der Waals surface area contributed by atoms with Gasteiger partial charge in [-0.3, -0.25) is 0 Å². The van der Waals surface area contributed by atoms with E-state index in [0.29, 0.717) is 0 Å². The highest BCUT2D eigenvalue weighted by Gasteiger charge is 2.58. The summed E-state index contributed by atoms with van der Waals surface area (Å²) in [6.07, 6.45) is -45.7. The van der Waals surface area contributed by atoms with Crippen molar-refractivity contribution in [2.24, 2.45) is 0 Å². The lowest BCUT2D eigenvalue weighted by atomic mass is 9.95. The molecule has 14 N–H and O–H groups in total. The molecular formula is C42H74O31. The maximum Gasteiger partial charge on any atom is 0.187 e. The van der Waals surface area contributed by atoms with Crippen LogP contribution in [0.1, 0.15) is 0 Å². The van der Waals surface area contributed by atoms with Gasteiger partial charge in [0.1, 0.15) is 146 Å². The zero-order valence-electron chi connectivity index (χ0n) is 40.8. The highest BCUT2D eigenvalue weighted by Crippen LogP contribution is 2.38. The summed E-state index contributed by atoms with van der Waals surface area (Å²) in [6, 6.07) is 0. The molecule has 0 aromatic rings. The van der Waals surface area contributed by atoms with Crippen molar-refractivity contribution in [1.29, 1.82) is 0 Å². The minimum absolute atomic E-state index is 0.686. The number of aliphatic hydroxyl groups is 14. The fourth-order valence-electron chi connectivity index (χ4n) is 10.1. The predicted molar refractivity (Wildman–Crippen MR) is 228 cm³/mol. The molecule has 73 heavy (non-hydrogen) atoms. The summed E-state index contributed by atoms with van der Waals surface area (Å²) in [7, 11) is 7.15. The van der Waals surface area contributed by atoms with E-state index in [1.807, 2.05) is 0 Å². The van der Waals surface area contributed by atoms with Gasteiger partial charge in [0, 0.05) is 42.7 Å². The molecule has 428 valence electrons. The topological polar surface area (TPSA) is 440 Å². The molecule has 6 fully saturated rings. The number of hydrogen-bond acceptors (Lipinski definition) is 31. The standard InChI is InChI=1S/C42H74O31/c1-57-31-19(49)13(7-43)64-38(21(31)51)70-27-15(9-45)66-40(23(53)33(27)59-3)72-29-17(11-47)68-42(25(55)35(29)61-5)73-30-18(12-48)67-41(24(54)36(30)62-6)71-28-16(10-46)65-39(22(52)34(28)60-4)69-26-14(8-44)63-37(56)20(50)32(26)58-2/h13-56H,7-12H2,1-6H3/t13-,14-,15-,16-,17-,18-,19-,20+,21+,22+,23+,24+,25+,26-,27-,28-,29-,30-,31+,32-,33-,34-,35-,36-,37+,38-,39-,40-,41-,42-/m1/s1. The second kappa shape index (κ2) is 27.6. The van der Waals surface area contributed by atoms with Crippen molar-refractivity contribution < 1.29 is 152 Å². The normalized spacial score (nSPS) is 50.0. The molecule has 30 atom stereocenters. The average Bonchev–Trinajstić information content (AvgIpc) is 3.38. The van der Waals surface area contributed by atoms with Crippen LogP contribution >= 0.6 is 0 Å². The highest BCUT2D eigenvalue weighted by molar-refractivity contribution is 5.01. The molecule has 6 aliphatic heterocycles. The lowest BCUT2D eigenvalue weighted by Gasteiger charge is -2.51. The lowest BCUT2D eigenvalue weighted by molar-refractivity contribution is -0.398. The third kappa shape index (κ3) is 12.6. The fourth-order valence-corrected chi connectivity index (χ4v) is 10.1. The van der Waals surface area contributed by atoms with E-state index in [-0.39, 0.29) is 0 Å². The summed E-state index contributed by atoms with van der Waals surface area (Å²) < 4.78 is 97.6. The van der Waals surface area contributed by atoms with E-state index >= 15 is 0 Å². The van der Waals surface area contributed by atoms with Crippen molar-refractivity contribution in [1.82, 2.24) is 0 Å². The minimum Gasteiger partial charge on any atom is -0.394 e. The molecular weight excluding hydrogens is 1000 g/mol. The van der Waals surface area contributed by atoms with Crippen molar-refractivity contribution in [3.63, 3.8) is 0 Å². The third-order valence-corrected chi connectivity index (χ3v) is 13.9. The molecule has 0 amide bonds. The summed E-state index contributed by atoms with van der Waals surface area (Å²) >= 11 is 0. The van der Waals surface area contributed by atoms with E-state index in [9.17, 15) is 71.5 Å². The van der Waals surface area contributed by atoms with Crippen LogP contribution in [0, 0.1) is 0 Å². The molecule has 0 unspecified atom stereocenters. The van der Waals surface area contributed by atoms with Crippen LogP contribution in [0.2, 0.25) is 0 Å². The van der Waals surface area contributed by atoms with E-state index in [1.165, 1.54) is 42.7 Å². The van der Waals surface area contributed by atoms with E-state index in [4.69, 9.17) is 80.5 Å². The van der Waals surface area contributed by atoms with Gasteiger partial charge in [-0.25, -0.2) is 0 Å². The second-order valence-electron chi connectivity index (χ2n) is 18.0. The second-order valence-corrected chi connectivity index (χ2v) is 18.0. The summed E-state index contributed by atoms with van der Waals surface area (Å²) in [6.45, 7) is -4.67. The summed E-state index contributed by atoms with van der Waals surface area (Å²) in [5.41, 5.74) is 0. The number of methoxy groups -OCH3 is 6. The first kappa shape index (κ1) is 61.0. The number of hydrogen-bond donors (Lipinski definition) is 14. The van der Waals surface area contributed by atoms with Gasteiger partial charge in [0.2, 0.25) is 0 Å². The fraction of sp³-hybridized carbons (Fsp3) is 1.00. The van der Waals surface area contributed by atoms with Gasteiger partial charge in [-0.2, -0.15) is 0 Å². The van der Waals surface area contributed by atoms with Crippen LogP contribution < -0.4 is 0 Å². The van der Waals surface area contributed by atoms with Gasteiger partial charge in [0.05, 0.1) is 39.6 Å². The molecule has 0 spiro atoms. The first-order chi connectivity index (χ1) is 35.0. The quantitative estimate of drug-likeness (QED) is 0.0479. The average molecular weight is 1080 g/mol. The Balaban J connectivity index is 1.13. The molecule has 6 heterocycles. The zero-order valence-corrected chi connectivity index (χ0v) is 40.8. The van der Waals surface area contributed by atoms with Crippen LogP contribution in [-0.2, 0) is 80.5 Å². The largest absolute Gasteiger partial charge is 0.394 e. The first-order valence-corrected chi connectivity index (χ1v) is 23.5. The monoisotopic (exact) mass is 1070 g/mol. The molecule has 31 nitrogen and oxygen atoms in total. The smallest absolute Gasteiger partial charge is 0.187 e. The van der Waals surface area contributed by atoms with Gasteiger partial charge < -0.3 is 152 Å². The van der Waals surface area contributed by atoms with E-state index < -0.39 is 224 Å². The van der Waals surface area contributed by atoms with Crippen molar-refractivity contribution in [3.05, 3.63) is 0 Å². The highest BCUT2D eigenvalue weighted by atomic mass is 16.8. The van der Waals surface area contributed by atoms with Crippen molar-refractivity contribution in [2.45, 2.75) is 184 Å². The SMILES string of the molecule is CO[C@@H]1[C@H](O)[C@@H](O[C@H]2[C@H](OC)[C@H](O)[C@@H](O[C@H]3[C@H](OC)[C@H](O)[C@@H](O[C@H]4[C@H](OC)[C@H](O)[C@@H](O[C@H]5[C@H](OC)[C@H](O)[C@@H](O[C@H]6[C@H](OC)[C@H](O)[C@@H](O)O[C@@H]6CO)O[C@@H]5CO)O[C@@H]4CO)O[C@@H]3CO)O[C@@H]2CO)O[C@H](CO)[C@H]1O. The third-order valence-electron chi connectivity index (χ3n) is 13.9. The van der Waals surface area contributed by atoms with Gasteiger partial charge >= 0.3 is 0 Å². The van der Waals surface area contributed by atoms with Crippen molar-refractivity contribution in [2.75, 3.05) is 82.3 Å². The van der Waals surface area contributed by atoms with Crippen LogP contribution in [0.25, 0.3) is 0 Å². The maximum absolute atomic E-state index is 11.7. The predicted octanol–water partition coefficient (Wildman–Crippen LogP) is -10.2. The molecule has 0 radical (unpaired) electrons. The van der Waals surface area contributed by atoms with E-state index in [0.717, 1.165) is 0 Å². The molecule has 0 aliphatic carbocycles. The van der Waals surface area contributed by atoms with Gasteiger partial charge in [0.15, 0.2) is 37.7 Å². The summed E-state index contributed by atoms with van der Waals surface area (Å²) in [5, 5.41) is 150. The Hall–Kier alpha value is -1.24. The molecule has 0 aromatic heterocycles. The molecule has 6 saturated heterocycles. The van der Waals surface area contributed by atoms with E-state index in [2.05, 4.69) is 0 Å². The molecule has 6 rings (SSSR count). The van der Waals surface area contributed by atoms with Crippen LogP contribution in [-0.4, -0.2) is 338 Å². The number of ether oxygens (including phenoxy) is 17. The molecule has 0 saturated carbocycles. The Morgan fingerprint density at radius 2 is 0.452 bits per heavy atom. The van der Waals surface area contributed by atoms with Gasteiger partial charge in [-0.15, -0.1) is 0 Å². The number of rotatable bonds is 22. The first-order valence-electron chi connectivity index (χ1n) is 23.5. The zero-order chi connectivity index (χ0) is 53.6. The Morgan fingerprint density at radius 1 is 0.247 bits per heavy atom. The van der Waals surface area contributed by atoms with Crippen molar-refractivity contribution in [3.8, 4) is 0 Å². The van der Waals surface area contributed by atoms with Crippen LogP contribution in [0.4, 0.5) is 0 Å². The van der Waals surface area contributed by atoms with Gasteiger partial charge in [0.25, 0.3) is 0 Å². The Labute approximate surface area is 418 Å². The minimum atomic E-state index is -1.82. The van der Waals surface area contributed by atoms with Crippen LogP contribution in [0.5, 0.6) is 0 Å². The van der Waals surface area contributed by atoms with Gasteiger partial charge in [-0.1, -0.05) is 0 Å². The Morgan fingerprint density at radius 3 is 0.685 bits per heavy atom. The maximum atomic E-state index is 11.7.